The van der Waals surface area contributed by atoms with Crippen molar-refractivity contribution in [3.8, 4) is 0 Å². The Hall–Kier alpha value is -0.0400. The van der Waals surface area contributed by atoms with Crippen molar-refractivity contribution in [2.45, 2.75) is 174 Å². The number of ether oxygens (including phenoxy) is 1. The van der Waals surface area contributed by atoms with Crippen molar-refractivity contribution in [3.63, 3.8) is 0 Å². The largest absolute Gasteiger partial charge is 0.378 e. The third-order valence-electron chi connectivity index (χ3n) is 10.3. The molecule has 3 saturated carbocycles. The van der Waals surface area contributed by atoms with Gasteiger partial charge >= 0.3 is 0 Å². The van der Waals surface area contributed by atoms with Gasteiger partial charge in [-0.1, -0.05) is 117 Å². The van der Waals surface area contributed by atoms with E-state index in [1.54, 1.807) is 0 Å². The standard InChI is InChI=1S/C33H62O/c1-3-5-7-8-10-13-29-19-21-31(22-20-29)32-23-25-33(26-24-32)34-27-11-14-30-17-15-28(16-18-30)12-9-6-4-2/h28-33H,3-27H2,1-2H3. The van der Waals surface area contributed by atoms with Gasteiger partial charge in [-0.05, 0) is 81.0 Å². The highest BCUT2D eigenvalue weighted by Gasteiger charge is 2.31. The van der Waals surface area contributed by atoms with Crippen molar-refractivity contribution in [2.75, 3.05) is 6.61 Å². The summed E-state index contributed by atoms with van der Waals surface area (Å²) in [6, 6.07) is 0. The van der Waals surface area contributed by atoms with Crippen LogP contribution in [0, 0.1) is 29.6 Å². The number of rotatable bonds is 16. The lowest BCUT2D eigenvalue weighted by molar-refractivity contribution is 0.00367. The van der Waals surface area contributed by atoms with Crippen LogP contribution in [0.4, 0.5) is 0 Å². The van der Waals surface area contributed by atoms with Gasteiger partial charge in [-0.2, -0.15) is 0 Å². The van der Waals surface area contributed by atoms with Crippen LogP contribution in [-0.4, -0.2) is 12.7 Å². The van der Waals surface area contributed by atoms with Gasteiger partial charge in [0.15, 0.2) is 0 Å². The first-order valence-corrected chi connectivity index (χ1v) is 16.4. The summed E-state index contributed by atoms with van der Waals surface area (Å²) in [5.41, 5.74) is 0. The molecule has 0 aromatic heterocycles. The van der Waals surface area contributed by atoms with E-state index in [4.69, 9.17) is 4.74 Å². The highest BCUT2D eigenvalue weighted by atomic mass is 16.5. The molecule has 0 atom stereocenters. The maximum atomic E-state index is 6.39. The minimum atomic E-state index is 0.588. The summed E-state index contributed by atoms with van der Waals surface area (Å²) in [6.07, 6.45) is 35.7. The molecule has 1 nitrogen and oxygen atoms in total. The second kappa shape index (κ2) is 17.4. The van der Waals surface area contributed by atoms with Gasteiger partial charge in [0.25, 0.3) is 0 Å². The van der Waals surface area contributed by atoms with Crippen molar-refractivity contribution < 1.29 is 4.74 Å². The number of hydrogen-bond acceptors (Lipinski definition) is 1. The van der Waals surface area contributed by atoms with E-state index < -0.39 is 0 Å². The highest BCUT2D eigenvalue weighted by molar-refractivity contribution is 4.82. The van der Waals surface area contributed by atoms with Crippen LogP contribution in [0.25, 0.3) is 0 Å². The third kappa shape index (κ3) is 10.9. The first-order chi connectivity index (χ1) is 16.8. The fourth-order valence-corrected chi connectivity index (χ4v) is 7.83. The molecular weight excluding hydrogens is 412 g/mol. The highest BCUT2D eigenvalue weighted by Crippen LogP contribution is 2.42. The second-order valence-electron chi connectivity index (χ2n) is 12.9. The van der Waals surface area contributed by atoms with E-state index in [1.165, 1.54) is 154 Å². The Kier molecular flexibility index (Phi) is 14.6. The van der Waals surface area contributed by atoms with Crippen molar-refractivity contribution in [1.82, 2.24) is 0 Å². The van der Waals surface area contributed by atoms with Gasteiger partial charge in [0, 0.05) is 6.61 Å². The zero-order chi connectivity index (χ0) is 23.8. The fraction of sp³-hybridized carbons (Fsp3) is 1.00. The maximum Gasteiger partial charge on any atom is 0.0575 e. The van der Waals surface area contributed by atoms with Gasteiger partial charge in [0.1, 0.15) is 0 Å². The summed E-state index contributed by atoms with van der Waals surface area (Å²) in [4.78, 5) is 0. The Labute approximate surface area is 215 Å². The first kappa shape index (κ1) is 28.5. The smallest absolute Gasteiger partial charge is 0.0575 e. The Balaban J connectivity index is 1.16. The SMILES string of the molecule is CCCCCCCC1CCC(C2CCC(OCCCC3CCC(CCCCC)CC3)CC2)CC1. The van der Waals surface area contributed by atoms with Crippen LogP contribution in [0.2, 0.25) is 0 Å². The fourth-order valence-electron chi connectivity index (χ4n) is 7.83. The van der Waals surface area contributed by atoms with Crippen molar-refractivity contribution in [1.29, 1.82) is 0 Å². The van der Waals surface area contributed by atoms with Crippen molar-refractivity contribution in [2.24, 2.45) is 29.6 Å². The minimum Gasteiger partial charge on any atom is -0.378 e. The molecule has 0 aliphatic heterocycles. The summed E-state index contributed by atoms with van der Waals surface area (Å²) in [7, 11) is 0. The molecule has 200 valence electrons. The lowest BCUT2D eigenvalue weighted by Crippen LogP contribution is -2.29. The molecule has 0 N–H and O–H groups in total. The lowest BCUT2D eigenvalue weighted by Gasteiger charge is -2.38. The van der Waals surface area contributed by atoms with E-state index in [-0.39, 0.29) is 0 Å². The first-order valence-electron chi connectivity index (χ1n) is 16.4. The molecule has 3 aliphatic carbocycles. The van der Waals surface area contributed by atoms with E-state index in [0.29, 0.717) is 6.10 Å². The number of hydrogen-bond donors (Lipinski definition) is 0. The van der Waals surface area contributed by atoms with Crippen LogP contribution < -0.4 is 0 Å². The van der Waals surface area contributed by atoms with Gasteiger partial charge < -0.3 is 4.74 Å². The van der Waals surface area contributed by atoms with Gasteiger partial charge in [-0.3, -0.25) is 0 Å². The zero-order valence-corrected chi connectivity index (χ0v) is 23.6. The molecular formula is C33H62O. The molecule has 1 heteroatoms. The molecule has 0 aromatic carbocycles. The molecule has 0 amide bonds. The molecule has 3 aliphatic rings. The van der Waals surface area contributed by atoms with E-state index in [0.717, 1.165) is 36.2 Å². The average molecular weight is 475 g/mol. The molecule has 34 heavy (non-hydrogen) atoms. The summed E-state index contributed by atoms with van der Waals surface area (Å²) in [5.74, 6) is 5.20. The van der Waals surface area contributed by atoms with E-state index >= 15 is 0 Å². The van der Waals surface area contributed by atoms with Gasteiger partial charge in [0.05, 0.1) is 6.10 Å². The van der Waals surface area contributed by atoms with Crippen LogP contribution in [0.5, 0.6) is 0 Å². The molecule has 0 heterocycles. The molecule has 3 fully saturated rings. The zero-order valence-electron chi connectivity index (χ0n) is 23.6. The van der Waals surface area contributed by atoms with E-state index in [1.807, 2.05) is 0 Å². The summed E-state index contributed by atoms with van der Waals surface area (Å²) < 4.78 is 6.39. The van der Waals surface area contributed by atoms with Crippen LogP contribution in [0.15, 0.2) is 0 Å². The van der Waals surface area contributed by atoms with Crippen LogP contribution in [0.3, 0.4) is 0 Å². The maximum absolute atomic E-state index is 6.39. The number of unbranched alkanes of at least 4 members (excludes halogenated alkanes) is 6. The molecule has 0 aromatic rings. The van der Waals surface area contributed by atoms with Gasteiger partial charge in [0.2, 0.25) is 0 Å². The Bertz CT molecular complexity index is 463. The average Bonchev–Trinajstić information content (AvgIpc) is 2.88. The molecule has 0 bridgehead atoms. The van der Waals surface area contributed by atoms with E-state index in [2.05, 4.69) is 13.8 Å². The normalized spacial score (nSPS) is 32.6. The molecule has 0 spiro atoms. The van der Waals surface area contributed by atoms with Crippen LogP contribution in [-0.2, 0) is 4.74 Å². The minimum absolute atomic E-state index is 0.588. The topological polar surface area (TPSA) is 9.23 Å². The van der Waals surface area contributed by atoms with Gasteiger partial charge in [-0.15, -0.1) is 0 Å². The van der Waals surface area contributed by atoms with Crippen molar-refractivity contribution >= 4 is 0 Å². The Morgan fingerprint density at radius 1 is 0.441 bits per heavy atom. The summed E-state index contributed by atoms with van der Waals surface area (Å²) in [5, 5.41) is 0. The monoisotopic (exact) mass is 474 g/mol. The Morgan fingerprint density at radius 2 is 0.853 bits per heavy atom. The third-order valence-corrected chi connectivity index (χ3v) is 10.3. The second-order valence-corrected chi connectivity index (χ2v) is 12.9. The molecule has 3 rings (SSSR count). The van der Waals surface area contributed by atoms with Crippen molar-refractivity contribution in [3.05, 3.63) is 0 Å². The molecule has 0 saturated heterocycles. The summed E-state index contributed by atoms with van der Waals surface area (Å²) in [6.45, 7) is 5.69. The van der Waals surface area contributed by atoms with E-state index in [9.17, 15) is 0 Å². The molecule has 0 unspecified atom stereocenters. The Morgan fingerprint density at radius 3 is 1.41 bits per heavy atom. The predicted molar refractivity (Wildman–Crippen MR) is 149 cm³/mol. The van der Waals surface area contributed by atoms with Crippen LogP contribution >= 0.6 is 0 Å². The quantitative estimate of drug-likeness (QED) is 0.202. The lowest BCUT2D eigenvalue weighted by atomic mass is 9.70. The summed E-state index contributed by atoms with van der Waals surface area (Å²) >= 11 is 0. The van der Waals surface area contributed by atoms with Crippen LogP contribution in [0.1, 0.15) is 168 Å². The predicted octanol–water partition coefficient (Wildman–Crippen LogP) is 10.9. The van der Waals surface area contributed by atoms with Gasteiger partial charge in [-0.25, -0.2) is 0 Å². The molecule has 0 radical (unpaired) electrons.